The van der Waals surface area contributed by atoms with Gasteiger partial charge < -0.3 is 15.4 Å². The second kappa shape index (κ2) is 7.52. The Morgan fingerprint density at radius 1 is 1.12 bits per heavy atom. The second-order valence-electron chi connectivity index (χ2n) is 5.16. The Kier molecular flexibility index (Phi) is 5.63. The fourth-order valence-electron chi connectivity index (χ4n) is 2.17. The highest BCUT2D eigenvalue weighted by atomic mass is 32.1. The zero-order chi connectivity index (χ0) is 18.6. The number of halogens is 3. The summed E-state index contributed by atoms with van der Waals surface area (Å²) in [4.78, 5) is 12.9. The van der Waals surface area contributed by atoms with Crippen molar-refractivity contribution in [3.05, 3.63) is 65.2 Å². The third-order valence-electron chi connectivity index (χ3n) is 3.49. The number of anilines is 1. The van der Waals surface area contributed by atoms with Gasteiger partial charge in [0.2, 0.25) is 0 Å². The van der Waals surface area contributed by atoms with E-state index in [1.165, 1.54) is 24.1 Å². The van der Waals surface area contributed by atoms with Crippen LogP contribution >= 0.6 is 12.2 Å². The van der Waals surface area contributed by atoms with E-state index in [9.17, 15) is 18.0 Å². The average molecular weight is 368 g/mol. The molecule has 2 N–H and O–H groups in total. The normalized spacial score (nSPS) is 11.0. The number of nitrogens with zero attached hydrogens (tertiary/aromatic N) is 1. The number of hydrogen-bond donors (Lipinski definition) is 1. The summed E-state index contributed by atoms with van der Waals surface area (Å²) >= 11 is 5.00. The molecule has 0 aromatic heterocycles. The molecule has 0 heterocycles. The molecule has 0 saturated carbocycles. The summed E-state index contributed by atoms with van der Waals surface area (Å²) in [7, 11) is 1.29. The highest BCUT2D eigenvalue weighted by molar-refractivity contribution is 7.80. The van der Waals surface area contributed by atoms with E-state index in [1.807, 2.05) is 0 Å². The van der Waals surface area contributed by atoms with Crippen LogP contribution in [0.1, 0.15) is 21.5 Å². The van der Waals surface area contributed by atoms with Gasteiger partial charge in [-0.2, -0.15) is 13.2 Å². The number of hydrogen-bond acceptors (Lipinski definition) is 3. The molecule has 0 unspecified atom stereocenters. The van der Waals surface area contributed by atoms with Crippen LogP contribution in [-0.2, 0) is 17.5 Å². The minimum atomic E-state index is -4.41. The van der Waals surface area contributed by atoms with Crippen LogP contribution < -0.4 is 10.6 Å². The lowest BCUT2D eigenvalue weighted by Gasteiger charge is -2.23. The van der Waals surface area contributed by atoms with Crippen LogP contribution in [0, 0.1) is 0 Å². The third-order valence-corrected chi connectivity index (χ3v) is 3.71. The Bertz CT molecular complexity index is 759. The smallest absolute Gasteiger partial charge is 0.416 e. The van der Waals surface area contributed by atoms with Gasteiger partial charge in [0.1, 0.15) is 0 Å². The van der Waals surface area contributed by atoms with Crippen LogP contribution in [0.15, 0.2) is 48.5 Å². The van der Waals surface area contributed by atoms with Crippen molar-refractivity contribution in [1.29, 1.82) is 0 Å². The number of ether oxygens (including phenoxy) is 1. The Balaban J connectivity index is 2.21. The molecule has 2 rings (SSSR count). The fourth-order valence-corrected chi connectivity index (χ4v) is 2.34. The highest BCUT2D eigenvalue weighted by Crippen LogP contribution is 2.30. The summed E-state index contributed by atoms with van der Waals surface area (Å²) in [5.41, 5.74) is 6.56. The lowest BCUT2D eigenvalue weighted by atomic mass is 10.1. The van der Waals surface area contributed by atoms with E-state index in [0.717, 1.165) is 17.7 Å². The number of carbonyl (C=O) groups is 1. The van der Waals surface area contributed by atoms with Crippen LogP contribution in [0.3, 0.4) is 0 Å². The molecule has 0 spiro atoms. The van der Waals surface area contributed by atoms with Crippen molar-refractivity contribution in [3.63, 3.8) is 0 Å². The summed E-state index contributed by atoms with van der Waals surface area (Å²) in [6.07, 6.45) is -4.41. The predicted octanol–water partition coefficient (Wildman–Crippen LogP) is 3.74. The first kappa shape index (κ1) is 18.7. The van der Waals surface area contributed by atoms with Crippen LogP contribution in [0.2, 0.25) is 0 Å². The van der Waals surface area contributed by atoms with E-state index >= 15 is 0 Å². The first-order valence-corrected chi connectivity index (χ1v) is 7.54. The van der Waals surface area contributed by atoms with Gasteiger partial charge in [-0.3, -0.25) is 0 Å². The number of methoxy groups -OCH3 is 1. The van der Waals surface area contributed by atoms with Crippen molar-refractivity contribution in [2.45, 2.75) is 12.7 Å². The first-order valence-electron chi connectivity index (χ1n) is 7.14. The largest absolute Gasteiger partial charge is 0.465 e. The molecule has 0 saturated heterocycles. The molecule has 0 radical (unpaired) electrons. The van der Waals surface area contributed by atoms with Gasteiger partial charge in [-0.05, 0) is 54.2 Å². The van der Waals surface area contributed by atoms with Crippen molar-refractivity contribution < 1.29 is 22.7 Å². The van der Waals surface area contributed by atoms with Gasteiger partial charge in [0.05, 0.1) is 24.8 Å². The van der Waals surface area contributed by atoms with Crippen LogP contribution in [0.25, 0.3) is 0 Å². The topological polar surface area (TPSA) is 55.6 Å². The number of alkyl halides is 3. The van der Waals surface area contributed by atoms with E-state index in [2.05, 4.69) is 4.74 Å². The van der Waals surface area contributed by atoms with Crippen molar-refractivity contribution in [3.8, 4) is 0 Å². The molecule has 0 bridgehead atoms. The Hall–Kier alpha value is -2.61. The van der Waals surface area contributed by atoms with Gasteiger partial charge in [0.25, 0.3) is 0 Å². The quantitative estimate of drug-likeness (QED) is 0.658. The molecular weight excluding hydrogens is 353 g/mol. The zero-order valence-electron chi connectivity index (χ0n) is 13.2. The van der Waals surface area contributed by atoms with Crippen molar-refractivity contribution in [2.24, 2.45) is 5.73 Å². The lowest BCUT2D eigenvalue weighted by molar-refractivity contribution is -0.137. The maximum absolute atomic E-state index is 12.7. The molecule has 25 heavy (non-hydrogen) atoms. The maximum atomic E-state index is 12.7. The molecule has 2 aromatic carbocycles. The van der Waals surface area contributed by atoms with Gasteiger partial charge in [-0.25, -0.2) is 4.79 Å². The number of thiocarbonyl (C=S) groups is 1. The monoisotopic (exact) mass is 368 g/mol. The van der Waals surface area contributed by atoms with E-state index in [4.69, 9.17) is 18.0 Å². The lowest BCUT2D eigenvalue weighted by Crippen LogP contribution is -2.35. The summed E-state index contributed by atoms with van der Waals surface area (Å²) in [5.74, 6) is -0.458. The number of rotatable bonds is 4. The Morgan fingerprint density at radius 3 is 2.12 bits per heavy atom. The van der Waals surface area contributed by atoms with Gasteiger partial charge in [0.15, 0.2) is 5.11 Å². The molecule has 4 nitrogen and oxygen atoms in total. The fraction of sp³-hybridized carbons (Fsp3) is 0.176. The number of benzene rings is 2. The molecule has 0 aliphatic heterocycles. The second-order valence-corrected chi connectivity index (χ2v) is 5.58. The summed E-state index contributed by atoms with van der Waals surface area (Å²) < 4.78 is 42.6. The van der Waals surface area contributed by atoms with Crippen LogP contribution in [0.5, 0.6) is 0 Å². The molecule has 8 heteroatoms. The summed E-state index contributed by atoms with van der Waals surface area (Å²) in [5, 5.41) is 0.0248. The van der Waals surface area contributed by atoms with E-state index in [0.29, 0.717) is 11.3 Å². The molecular formula is C17H15F3N2O2S. The summed E-state index contributed by atoms with van der Waals surface area (Å²) in [6.45, 7) is 0.252. The minimum absolute atomic E-state index is 0.0248. The minimum Gasteiger partial charge on any atom is -0.465 e. The molecule has 0 fully saturated rings. The molecule has 0 aliphatic rings. The Labute approximate surface area is 148 Å². The van der Waals surface area contributed by atoms with Crippen molar-refractivity contribution in [2.75, 3.05) is 12.0 Å². The molecule has 132 valence electrons. The molecule has 0 amide bonds. The van der Waals surface area contributed by atoms with E-state index in [1.54, 1.807) is 24.3 Å². The molecule has 2 aromatic rings. The van der Waals surface area contributed by atoms with Gasteiger partial charge >= 0.3 is 12.1 Å². The van der Waals surface area contributed by atoms with Crippen LogP contribution in [0.4, 0.5) is 18.9 Å². The average Bonchev–Trinajstić information content (AvgIpc) is 2.58. The third kappa shape index (κ3) is 4.69. The number of carbonyl (C=O) groups excluding carboxylic acids is 1. The maximum Gasteiger partial charge on any atom is 0.416 e. The molecule has 0 atom stereocenters. The summed E-state index contributed by atoms with van der Waals surface area (Å²) in [6, 6.07) is 11.1. The standard InChI is InChI=1S/C17H15F3N2O2S/c1-24-15(23)12-4-2-11(3-5-12)10-22(16(21)25)14-8-6-13(7-9-14)17(18,19)20/h2-9H,10H2,1H3,(H2,21,25). The van der Waals surface area contributed by atoms with Crippen molar-refractivity contribution in [1.82, 2.24) is 0 Å². The van der Waals surface area contributed by atoms with E-state index < -0.39 is 17.7 Å². The van der Waals surface area contributed by atoms with Gasteiger partial charge in [0, 0.05) is 5.69 Å². The number of nitrogens with two attached hydrogens (primary N) is 1. The predicted molar refractivity (Wildman–Crippen MR) is 92.2 cm³/mol. The highest BCUT2D eigenvalue weighted by Gasteiger charge is 2.30. The first-order chi connectivity index (χ1) is 11.7. The van der Waals surface area contributed by atoms with Gasteiger partial charge in [-0.1, -0.05) is 12.1 Å². The zero-order valence-corrected chi connectivity index (χ0v) is 14.0. The van der Waals surface area contributed by atoms with Gasteiger partial charge in [-0.15, -0.1) is 0 Å². The van der Waals surface area contributed by atoms with Crippen LogP contribution in [-0.4, -0.2) is 18.2 Å². The van der Waals surface area contributed by atoms with Crippen molar-refractivity contribution >= 4 is 29.0 Å². The molecule has 0 aliphatic carbocycles. The Morgan fingerprint density at radius 2 is 1.68 bits per heavy atom. The number of esters is 1. The SMILES string of the molecule is COC(=O)c1ccc(CN(C(N)=S)c2ccc(C(F)(F)F)cc2)cc1. The van der Waals surface area contributed by atoms with E-state index in [-0.39, 0.29) is 11.7 Å².